The lowest BCUT2D eigenvalue weighted by molar-refractivity contribution is 0.181. The Labute approximate surface area is 137 Å². The molecule has 23 heavy (non-hydrogen) atoms. The molecule has 1 saturated heterocycles. The molecule has 0 amide bonds. The van der Waals surface area contributed by atoms with Gasteiger partial charge in [0.05, 0.1) is 13.2 Å². The van der Waals surface area contributed by atoms with Crippen LogP contribution in [-0.4, -0.2) is 44.7 Å². The van der Waals surface area contributed by atoms with E-state index in [2.05, 4.69) is 35.2 Å². The molecule has 2 heterocycles. The molecule has 1 atom stereocenters. The van der Waals surface area contributed by atoms with Crippen molar-refractivity contribution in [3.63, 3.8) is 0 Å². The number of furan rings is 1. The second-order valence-electron chi connectivity index (χ2n) is 6.16. The quantitative estimate of drug-likeness (QED) is 0.696. The highest BCUT2D eigenvalue weighted by Crippen LogP contribution is 2.24. The summed E-state index contributed by atoms with van der Waals surface area (Å²) in [6.45, 7) is 5.43. The third-order valence-corrected chi connectivity index (χ3v) is 4.48. The molecule has 3 rings (SSSR count). The van der Waals surface area contributed by atoms with Gasteiger partial charge in [0.2, 0.25) is 0 Å². The predicted molar refractivity (Wildman–Crippen MR) is 92.7 cm³/mol. The van der Waals surface area contributed by atoms with Gasteiger partial charge >= 0.3 is 0 Å². The van der Waals surface area contributed by atoms with Gasteiger partial charge in [-0.2, -0.15) is 0 Å². The van der Waals surface area contributed by atoms with Crippen LogP contribution in [0.5, 0.6) is 0 Å². The first-order valence-corrected chi connectivity index (χ1v) is 8.15. The molecule has 0 bridgehead atoms. The van der Waals surface area contributed by atoms with Crippen molar-refractivity contribution in [2.75, 3.05) is 33.9 Å². The fourth-order valence-corrected chi connectivity index (χ4v) is 3.14. The number of para-hydroxylation sites is 1. The lowest BCUT2D eigenvalue weighted by Crippen LogP contribution is -2.41. The number of fused-ring (bicyclic) bond motifs is 1. The number of benzene rings is 1. The van der Waals surface area contributed by atoms with Crippen LogP contribution in [0.4, 0.5) is 0 Å². The van der Waals surface area contributed by atoms with Crippen LogP contribution in [-0.2, 0) is 11.3 Å². The van der Waals surface area contributed by atoms with Crippen molar-refractivity contribution in [1.29, 1.82) is 0 Å². The Morgan fingerprint density at radius 1 is 1.39 bits per heavy atom. The normalized spacial score (nSPS) is 18.6. The van der Waals surface area contributed by atoms with Gasteiger partial charge in [0.25, 0.3) is 0 Å². The van der Waals surface area contributed by atoms with Gasteiger partial charge in [-0.3, -0.25) is 4.99 Å². The Morgan fingerprint density at radius 2 is 2.22 bits per heavy atom. The fraction of sp³-hybridized carbons (Fsp3) is 0.500. The minimum Gasteiger partial charge on any atom is -0.459 e. The zero-order valence-electron chi connectivity index (χ0n) is 14.1. The molecule has 0 saturated carbocycles. The maximum atomic E-state index is 5.95. The molecule has 0 spiro atoms. The second kappa shape index (κ2) is 7.04. The molecule has 1 aromatic carbocycles. The van der Waals surface area contributed by atoms with Crippen LogP contribution in [0.3, 0.4) is 0 Å². The summed E-state index contributed by atoms with van der Waals surface area (Å²) in [6, 6.07) is 8.14. The van der Waals surface area contributed by atoms with E-state index in [1.165, 1.54) is 10.9 Å². The summed E-state index contributed by atoms with van der Waals surface area (Å²) in [7, 11) is 3.88. The Kier molecular flexibility index (Phi) is 4.86. The average Bonchev–Trinajstić information content (AvgIpc) is 3.17. The standard InChI is InChI=1S/C18H25N3O2/c1-13-15-6-4-5-7-16(15)23-17(13)10-20-18(19-2)21(3)11-14-8-9-22-12-14/h4-7,14H,8-12H2,1-3H3,(H,19,20). The number of nitrogens with one attached hydrogen (secondary N) is 1. The van der Waals surface area contributed by atoms with E-state index in [0.29, 0.717) is 12.5 Å². The van der Waals surface area contributed by atoms with Gasteiger partial charge in [0.15, 0.2) is 5.96 Å². The first-order chi connectivity index (χ1) is 11.2. The molecular weight excluding hydrogens is 290 g/mol. The number of aliphatic imine (C=N–C) groups is 1. The number of rotatable bonds is 4. The van der Waals surface area contributed by atoms with E-state index in [9.17, 15) is 0 Å². The highest BCUT2D eigenvalue weighted by Gasteiger charge is 2.19. The molecule has 1 aliphatic rings. The molecule has 1 N–H and O–H groups in total. The van der Waals surface area contributed by atoms with Gasteiger partial charge in [0, 0.05) is 44.1 Å². The van der Waals surface area contributed by atoms with E-state index in [4.69, 9.17) is 9.15 Å². The van der Waals surface area contributed by atoms with Crippen LogP contribution in [0, 0.1) is 12.8 Å². The van der Waals surface area contributed by atoms with E-state index < -0.39 is 0 Å². The van der Waals surface area contributed by atoms with Crippen molar-refractivity contribution in [2.24, 2.45) is 10.9 Å². The molecule has 5 heteroatoms. The third-order valence-electron chi connectivity index (χ3n) is 4.48. The van der Waals surface area contributed by atoms with E-state index in [1.54, 1.807) is 0 Å². The number of guanidine groups is 1. The Hall–Kier alpha value is -2.01. The van der Waals surface area contributed by atoms with Crippen LogP contribution in [0.25, 0.3) is 11.0 Å². The largest absolute Gasteiger partial charge is 0.459 e. The summed E-state index contributed by atoms with van der Waals surface area (Å²) in [5.41, 5.74) is 2.13. The molecule has 2 aromatic rings. The summed E-state index contributed by atoms with van der Waals surface area (Å²) >= 11 is 0. The van der Waals surface area contributed by atoms with E-state index in [0.717, 1.165) is 43.5 Å². The first-order valence-electron chi connectivity index (χ1n) is 8.15. The van der Waals surface area contributed by atoms with Gasteiger partial charge < -0.3 is 19.4 Å². The number of hydrogen-bond donors (Lipinski definition) is 1. The molecule has 124 valence electrons. The van der Waals surface area contributed by atoms with Gasteiger partial charge in [-0.25, -0.2) is 0 Å². The number of ether oxygens (including phenoxy) is 1. The monoisotopic (exact) mass is 315 g/mol. The molecule has 1 aliphatic heterocycles. The summed E-state index contributed by atoms with van der Waals surface area (Å²) in [4.78, 5) is 6.54. The van der Waals surface area contributed by atoms with Gasteiger partial charge in [-0.1, -0.05) is 18.2 Å². The average molecular weight is 315 g/mol. The van der Waals surface area contributed by atoms with E-state index in [-0.39, 0.29) is 0 Å². The number of hydrogen-bond acceptors (Lipinski definition) is 3. The maximum absolute atomic E-state index is 5.95. The minimum atomic E-state index is 0.589. The van der Waals surface area contributed by atoms with E-state index in [1.807, 2.05) is 25.2 Å². The highest BCUT2D eigenvalue weighted by molar-refractivity contribution is 5.82. The van der Waals surface area contributed by atoms with Crippen LogP contribution >= 0.6 is 0 Å². The van der Waals surface area contributed by atoms with Crippen LogP contribution in [0.1, 0.15) is 17.7 Å². The van der Waals surface area contributed by atoms with Crippen molar-refractivity contribution in [3.05, 3.63) is 35.6 Å². The summed E-state index contributed by atoms with van der Waals surface area (Å²) in [5.74, 6) is 2.44. The summed E-state index contributed by atoms with van der Waals surface area (Å²) in [5, 5.41) is 4.58. The summed E-state index contributed by atoms with van der Waals surface area (Å²) < 4.78 is 11.4. The van der Waals surface area contributed by atoms with Crippen LogP contribution < -0.4 is 5.32 Å². The van der Waals surface area contributed by atoms with Crippen molar-refractivity contribution in [2.45, 2.75) is 19.9 Å². The Balaban J connectivity index is 1.63. The lowest BCUT2D eigenvalue weighted by atomic mass is 10.1. The zero-order valence-corrected chi connectivity index (χ0v) is 14.1. The third kappa shape index (κ3) is 3.50. The zero-order chi connectivity index (χ0) is 16.2. The van der Waals surface area contributed by atoms with Gasteiger partial charge in [-0.05, 0) is 19.4 Å². The number of nitrogens with zero attached hydrogens (tertiary/aromatic N) is 2. The minimum absolute atomic E-state index is 0.589. The molecule has 0 aliphatic carbocycles. The first kappa shape index (κ1) is 15.9. The molecule has 0 radical (unpaired) electrons. The molecule has 1 fully saturated rings. The smallest absolute Gasteiger partial charge is 0.193 e. The SMILES string of the molecule is CN=C(NCc1oc2ccccc2c1C)N(C)CC1CCOC1. The lowest BCUT2D eigenvalue weighted by Gasteiger charge is -2.24. The maximum Gasteiger partial charge on any atom is 0.193 e. The Morgan fingerprint density at radius 3 is 2.91 bits per heavy atom. The second-order valence-corrected chi connectivity index (χ2v) is 6.16. The van der Waals surface area contributed by atoms with Crippen molar-refractivity contribution in [3.8, 4) is 0 Å². The Bertz CT molecular complexity index is 687. The van der Waals surface area contributed by atoms with Gasteiger partial charge in [0.1, 0.15) is 11.3 Å². The molecule has 1 aromatic heterocycles. The van der Waals surface area contributed by atoms with Crippen molar-refractivity contribution < 1.29 is 9.15 Å². The summed E-state index contributed by atoms with van der Waals surface area (Å²) in [6.07, 6.45) is 1.13. The van der Waals surface area contributed by atoms with Gasteiger partial charge in [-0.15, -0.1) is 0 Å². The highest BCUT2D eigenvalue weighted by atomic mass is 16.5. The van der Waals surface area contributed by atoms with E-state index >= 15 is 0 Å². The van der Waals surface area contributed by atoms with Crippen molar-refractivity contribution in [1.82, 2.24) is 10.2 Å². The molecular formula is C18H25N3O2. The predicted octanol–water partition coefficient (Wildman–Crippen LogP) is 2.78. The molecule has 1 unspecified atom stereocenters. The topological polar surface area (TPSA) is 50.0 Å². The van der Waals surface area contributed by atoms with Crippen LogP contribution in [0.15, 0.2) is 33.7 Å². The molecule has 5 nitrogen and oxygen atoms in total. The van der Waals surface area contributed by atoms with Crippen LogP contribution in [0.2, 0.25) is 0 Å². The fourth-order valence-electron chi connectivity index (χ4n) is 3.14. The van der Waals surface area contributed by atoms with Crippen molar-refractivity contribution >= 4 is 16.9 Å². The number of aryl methyl sites for hydroxylation is 1.